The lowest BCUT2D eigenvalue weighted by Gasteiger charge is -2.30. The van der Waals surface area contributed by atoms with E-state index in [4.69, 9.17) is 0 Å². The van der Waals surface area contributed by atoms with E-state index in [1.165, 1.54) is 4.88 Å². The molecule has 2 rings (SSSR count). The van der Waals surface area contributed by atoms with E-state index in [-0.39, 0.29) is 18.9 Å². The molecule has 0 radical (unpaired) electrons. The summed E-state index contributed by atoms with van der Waals surface area (Å²) in [6.45, 7) is 4.66. The largest absolute Gasteiger partial charge is 0.391 e. The van der Waals surface area contributed by atoms with Crippen LogP contribution < -0.4 is 5.32 Å². The molecule has 1 aromatic heterocycles. The molecule has 1 saturated carbocycles. The molecule has 1 aliphatic carbocycles. The number of aryl methyl sites for hydroxylation is 2. The third-order valence-corrected chi connectivity index (χ3v) is 4.81. The Labute approximate surface area is 115 Å². The molecule has 0 bridgehead atoms. The molecule has 1 N–H and O–H groups in total. The average Bonchev–Trinajstić information content (AvgIpc) is 2.65. The summed E-state index contributed by atoms with van der Waals surface area (Å²) in [6.07, 6.45) is -2.29. The summed E-state index contributed by atoms with van der Waals surface area (Å²) < 4.78 is 37.6. The number of hydrogen-bond donors (Lipinski definition) is 1. The molecular weight excluding hydrogens is 273 g/mol. The summed E-state index contributed by atoms with van der Waals surface area (Å²) in [5, 5.41) is 4.40. The van der Waals surface area contributed by atoms with Gasteiger partial charge in [0.05, 0.1) is 16.6 Å². The van der Waals surface area contributed by atoms with Crippen molar-refractivity contribution in [2.45, 2.75) is 58.3 Å². The van der Waals surface area contributed by atoms with Gasteiger partial charge in [0.25, 0.3) is 0 Å². The predicted octanol–water partition coefficient (Wildman–Crippen LogP) is 3.97. The van der Waals surface area contributed by atoms with Gasteiger partial charge < -0.3 is 5.32 Å². The van der Waals surface area contributed by atoms with Crippen LogP contribution in [0.4, 0.5) is 13.2 Å². The van der Waals surface area contributed by atoms with Crippen molar-refractivity contribution in [1.29, 1.82) is 0 Å². The van der Waals surface area contributed by atoms with Crippen molar-refractivity contribution in [2.75, 3.05) is 0 Å². The summed E-state index contributed by atoms with van der Waals surface area (Å²) >= 11 is 1.65. The van der Waals surface area contributed by atoms with E-state index >= 15 is 0 Å². The third kappa shape index (κ3) is 3.92. The van der Waals surface area contributed by atoms with E-state index in [0.29, 0.717) is 12.8 Å². The van der Waals surface area contributed by atoms with Gasteiger partial charge in [0.1, 0.15) is 0 Å². The highest BCUT2D eigenvalue weighted by molar-refractivity contribution is 7.11. The second-order valence-electron chi connectivity index (χ2n) is 5.21. The lowest BCUT2D eigenvalue weighted by Crippen LogP contribution is -2.36. The number of rotatable bonds is 3. The molecule has 0 aliphatic heterocycles. The van der Waals surface area contributed by atoms with Crippen molar-refractivity contribution < 1.29 is 13.2 Å². The number of aromatic nitrogens is 1. The van der Waals surface area contributed by atoms with Crippen LogP contribution in [0.15, 0.2) is 0 Å². The normalized spacial score (nSPS) is 24.7. The molecule has 19 heavy (non-hydrogen) atoms. The van der Waals surface area contributed by atoms with Gasteiger partial charge in [-0.25, -0.2) is 4.98 Å². The Balaban J connectivity index is 1.79. The van der Waals surface area contributed by atoms with Crippen LogP contribution in [0.3, 0.4) is 0 Å². The van der Waals surface area contributed by atoms with Crippen LogP contribution in [0.1, 0.15) is 41.3 Å². The molecule has 1 heterocycles. The van der Waals surface area contributed by atoms with Gasteiger partial charge >= 0.3 is 6.18 Å². The minimum atomic E-state index is -4.02. The summed E-state index contributed by atoms with van der Waals surface area (Å²) in [5.74, 6) is -1.10. The number of nitrogens with one attached hydrogen (secondary N) is 1. The topological polar surface area (TPSA) is 24.9 Å². The number of alkyl halides is 3. The van der Waals surface area contributed by atoms with E-state index in [2.05, 4.69) is 10.3 Å². The Morgan fingerprint density at radius 3 is 2.32 bits per heavy atom. The van der Waals surface area contributed by atoms with Gasteiger partial charge in [-0.2, -0.15) is 13.2 Å². The van der Waals surface area contributed by atoms with Gasteiger partial charge in [0.15, 0.2) is 0 Å². The minimum Gasteiger partial charge on any atom is -0.309 e. The molecular formula is C13H19F3N2S. The summed E-state index contributed by atoms with van der Waals surface area (Å²) in [4.78, 5) is 5.54. The van der Waals surface area contributed by atoms with Crippen molar-refractivity contribution in [2.24, 2.45) is 5.92 Å². The van der Waals surface area contributed by atoms with Crippen molar-refractivity contribution in [3.8, 4) is 0 Å². The maximum atomic E-state index is 12.5. The Bertz CT molecular complexity index is 420. The lowest BCUT2D eigenvalue weighted by molar-refractivity contribution is -0.182. The zero-order chi connectivity index (χ0) is 14.0. The van der Waals surface area contributed by atoms with Crippen LogP contribution in [-0.4, -0.2) is 17.2 Å². The van der Waals surface area contributed by atoms with Crippen LogP contribution in [0, 0.1) is 19.8 Å². The fraction of sp³-hybridized carbons (Fsp3) is 0.769. The Morgan fingerprint density at radius 1 is 1.21 bits per heavy atom. The monoisotopic (exact) mass is 292 g/mol. The van der Waals surface area contributed by atoms with Gasteiger partial charge in [-0.05, 0) is 39.5 Å². The van der Waals surface area contributed by atoms with Crippen LogP contribution >= 0.6 is 11.3 Å². The Kier molecular flexibility index (Phi) is 4.50. The molecule has 1 aliphatic rings. The van der Waals surface area contributed by atoms with Gasteiger partial charge in [-0.3, -0.25) is 0 Å². The van der Waals surface area contributed by atoms with E-state index in [9.17, 15) is 13.2 Å². The van der Waals surface area contributed by atoms with Gasteiger partial charge in [0.2, 0.25) is 0 Å². The van der Waals surface area contributed by atoms with Crippen LogP contribution in [0.25, 0.3) is 0 Å². The number of nitrogens with zero attached hydrogens (tertiary/aromatic N) is 1. The highest BCUT2D eigenvalue weighted by Gasteiger charge is 2.41. The van der Waals surface area contributed by atoms with Crippen LogP contribution in [0.2, 0.25) is 0 Å². The SMILES string of the molecule is Cc1nc(C)c(CNC2CCC(C(F)(F)F)CC2)s1. The molecule has 108 valence electrons. The first-order chi connectivity index (χ1) is 8.86. The van der Waals surface area contributed by atoms with Crippen molar-refractivity contribution >= 4 is 11.3 Å². The highest BCUT2D eigenvalue weighted by atomic mass is 32.1. The fourth-order valence-electron chi connectivity index (χ4n) is 2.60. The fourth-order valence-corrected chi connectivity index (χ4v) is 3.49. The maximum absolute atomic E-state index is 12.5. The van der Waals surface area contributed by atoms with Crippen molar-refractivity contribution in [3.63, 3.8) is 0 Å². The smallest absolute Gasteiger partial charge is 0.309 e. The zero-order valence-corrected chi connectivity index (χ0v) is 12.0. The first-order valence-electron chi connectivity index (χ1n) is 6.59. The number of halogens is 3. The standard InChI is InChI=1S/C13H19F3N2S/c1-8-12(19-9(2)18-8)7-17-11-5-3-10(4-6-11)13(14,15)16/h10-11,17H,3-7H2,1-2H3. The second-order valence-corrected chi connectivity index (χ2v) is 6.50. The second kappa shape index (κ2) is 5.79. The van der Waals surface area contributed by atoms with Gasteiger partial charge in [-0.15, -0.1) is 11.3 Å². The Morgan fingerprint density at radius 2 is 1.84 bits per heavy atom. The molecule has 0 spiro atoms. The lowest BCUT2D eigenvalue weighted by atomic mass is 9.85. The van der Waals surface area contributed by atoms with Crippen LogP contribution in [-0.2, 0) is 6.54 Å². The number of thiazole rings is 1. The average molecular weight is 292 g/mol. The first kappa shape index (κ1) is 14.8. The summed E-state index contributed by atoms with van der Waals surface area (Å²) in [5.41, 5.74) is 1.03. The van der Waals surface area contributed by atoms with Crippen molar-refractivity contribution in [3.05, 3.63) is 15.6 Å². The quantitative estimate of drug-likeness (QED) is 0.911. The molecule has 0 atom stereocenters. The molecule has 0 amide bonds. The van der Waals surface area contributed by atoms with Crippen LogP contribution in [0.5, 0.6) is 0 Å². The molecule has 1 fully saturated rings. The third-order valence-electron chi connectivity index (χ3n) is 3.74. The first-order valence-corrected chi connectivity index (χ1v) is 7.41. The Hall–Kier alpha value is -0.620. The predicted molar refractivity (Wildman–Crippen MR) is 70.2 cm³/mol. The molecule has 6 heteroatoms. The van der Waals surface area contributed by atoms with Crippen molar-refractivity contribution in [1.82, 2.24) is 10.3 Å². The van der Waals surface area contributed by atoms with E-state index < -0.39 is 12.1 Å². The maximum Gasteiger partial charge on any atom is 0.391 e. The van der Waals surface area contributed by atoms with Gasteiger partial charge in [-0.1, -0.05) is 0 Å². The van der Waals surface area contributed by atoms with E-state index in [0.717, 1.165) is 17.2 Å². The van der Waals surface area contributed by atoms with E-state index in [1.807, 2.05) is 13.8 Å². The summed E-state index contributed by atoms with van der Waals surface area (Å²) in [6, 6.07) is 0.209. The minimum absolute atomic E-state index is 0.209. The zero-order valence-electron chi connectivity index (χ0n) is 11.2. The molecule has 2 nitrogen and oxygen atoms in total. The highest BCUT2D eigenvalue weighted by Crippen LogP contribution is 2.37. The number of hydrogen-bond acceptors (Lipinski definition) is 3. The molecule has 0 aromatic carbocycles. The van der Waals surface area contributed by atoms with E-state index in [1.54, 1.807) is 11.3 Å². The molecule has 1 aromatic rings. The van der Waals surface area contributed by atoms with Gasteiger partial charge in [0, 0.05) is 17.5 Å². The molecule has 0 saturated heterocycles. The summed E-state index contributed by atoms with van der Waals surface area (Å²) in [7, 11) is 0. The molecule has 0 unspecified atom stereocenters.